The lowest BCUT2D eigenvalue weighted by Gasteiger charge is -2.29. The first-order chi connectivity index (χ1) is 8.18. The van der Waals surface area contributed by atoms with Gasteiger partial charge in [-0.05, 0) is 0 Å². The van der Waals surface area contributed by atoms with Crippen molar-refractivity contribution in [2.24, 2.45) is 12.8 Å². The summed E-state index contributed by atoms with van der Waals surface area (Å²) in [7, 11) is 1.91. The summed E-state index contributed by atoms with van der Waals surface area (Å²) in [6.45, 7) is 3.18. The zero-order chi connectivity index (χ0) is 12.3. The van der Waals surface area contributed by atoms with Gasteiger partial charge in [-0.3, -0.25) is 4.79 Å². The van der Waals surface area contributed by atoms with Crippen molar-refractivity contribution in [3.63, 3.8) is 0 Å². The van der Waals surface area contributed by atoms with Gasteiger partial charge in [0.05, 0.1) is 6.04 Å². The van der Waals surface area contributed by atoms with Gasteiger partial charge in [-0.25, -0.2) is 4.98 Å². The lowest BCUT2D eigenvalue weighted by Crippen LogP contribution is -2.52. The van der Waals surface area contributed by atoms with E-state index < -0.39 is 6.04 Å². The molecule has 1 aromatic heterocycles. The Morgan fingerprint density at radius 1 is 1.59 bits per heavy atom. The fourth-order valence-electron chi connectivity index (χ4n) is 2.00. The molecule has 1 aliphatic rings. The van der Waals surface area contributed by atoms with Gasteiger partial charge in [0.15, 0.2) is 0 Å². The first kappa shape index (κ1) is 12.1. The molecule has 2 heterocycles. The predicted octanol–water partition coefficient (Wildman–Crippen LogP) is -1.28. The van der Waals surface area contributed by atoms with Crippen LogP contribution in [0.4, 0.5) is 0 Å². The number of aromatic nitrogens is 2. The topological polar surface area (TPSA) is 76.2 Å². The largest absolute Gasteiger partial charge is 0.339 e. The van der Waals surface area contributed by atoms with Gasteiger partial charge in [-0.1, -0.05) is 0 Å². The molecule has 6 nitrogen and oxygen atoms in total. The Balaban J connectivity index is 1.93. The molecule has 0 spiro atoms. The van der Waals surface area contributed by atoms with E-state index in [1.54, 1.807) is 6.20 Å². The van der Waals surface area contributed by atoms with E-state index in [0.29, 0.717) is 6.42 Å². The fourth-order valence-corrected chi connectivity index (χ4v) is 2.00. The van der Waals surface area contributed by atoms with E-state index in [1.807, 2.05) is 22.7 Å². The molecule has 0 aromatic carbocycles. The van der Waals surface area contributed by atoms with Crippen molar-refractivity contribution in [3.8, 4) is 0 Å². The maximum absolute atomic E-state index is 12.1. The Labute approximate surface area is 101 Å². The molecule has 1 aromatic rings. The smallest absolute Gasteiger partial charge is 0.240 e. The molecule has 1 aliphatic heterocycles. The number of aryl methyl sites for hydroxylation is 1. The number of nitrogens with one attached hydrogen (secondary N) is 1. The van der Waals surface area contributed by atoms with Crippen LogP contribution in [0.1, 0.15) is 5.82 Å². The van der Waals surface area contributed by atoms with Gasteiger partial charge < -0.3 is 20.5 Å². The average Bonchev–Trinajstić information content (AvgIpc) is 2.75. The number of amides is 1. The summed E-state index contributed by atoms with van der Waals surface area (Å²) in [6.07, 6.45) is 4.07. The normalized spacial score (nSPS) is 18.1. The van der Waals surface area contributed by atoms with E-state index in [-0.39, 0.29) is 5.91 Å². The SMILES string of the molecule is Cn1ccnc1CC(N)C(=O)N1CCNCC1. The number of hydrogen-bond acceptors (Lipinski definition) is 4. The Bertz CT molecular complexity index is 383. The summed E-state index contributed by atoms with van der Waals surface area (Å²) in [5, 5.41) is 3.21. The lowest BCUT2D eigenvalue weighted by molar-refractivity contribution is -0.133. The standard InChI is InChI=1S/C11H19N5O/c1-15-5-4-14-10(15)8-9(12)11(17)16-6-2-13-3-7-16/h4-5,9,13H,2-3,6-8,12H2,1H3. The molecule has 1 fully saturated rings. The highest BCUT2D eigenvalue weighted by Crippen LogP contribution is 2.03. The van der Waals surface area contributed by atoms with Crippen molar-refractivity contribution in [3.05, 3.63) is 18.2 Å². The van der Waals surface area contributed by atoms with Gasteiger partial charge in [-0.2, -0.15) is 0 Å². The van der Waals surface area contributed by atoms with Crippen molar-refractivity contribution in [2.75, 3.05) is 26.2 Å². The van der Waals surface area contributed by atoms with Crippen LogP contribution in [0.25, 0.3) is 0 Å². The molecular weight excluding hydrogens is 218 g/mol. The van der Waals surface area contributed by atoms with Crippen molar-refractivity contribution < 1.29 is 4.79 Å². The second-order valence-corrected chi connectivity index (χ2v) is 4.34. The molecule has 0 saturated carbocycles. The molecule has 1 atom stereocenters. The zero-order valence-electron chi connectivity index (χ0n) is 10.1. The van der Waals surface area contributed by atoms with Gasteiger partial charge in [-0.15, -0.1) is 0 Å². The quantitative estimate of drug-likeness (QED) is 0.686. The van der Waals surface area contributed by atoms with Crippen LogP contribution >= 0.6 is 0 Å². The minimum Gasteiger partial charge on any atom is -0.339 e. The third-order valence-electron chi connectivity index (χ3n) is 3.07. The first-order valence-electron chi connectivity index (χ1n) is 5.90. The highest BCUT2D eigenvalue weighted by Gasteiger charge is 2.23. The summed E-state index contributed by atoms with van der Waals surface area (Å²) in [6, 6.07) is -0.491. The molecule has 3 N–H and O–H groups in total. The number of carbonyl (C=O) groups is 1. The van der Waals surface area contributed by atoms with Crippen molar-refractivity contribution in [2.45, 2.75) is 12.5 Å². The van der Waals surface area contributed by atoms with Gasteiger partial charge in [0.25, 0.3) is 0 Å². The van der Waals surface area contributed by atoms with Gasteiger partial charge in [0, 0.05) is 52.0 Å². The number of hydrogen-bond donors (Lipinski definition) is 2. The first-order valence-corrected chi connectivity index (χ1v) is 5.90. The van der Waals surface area contributed by atoms with Crippen LogP contribution in [0.15, 0.2) is 12.4 Å². The van der Waals surface area contributed by atoms with Crippen LogP contribution in [0, 0.1) is 0 Å². The number of piperazine rings is 1. The van der Waals surface area contributed by atoms with E-state index in [9.17, 15) is 4.79 Å². The summed E-state index contributed by atoms with van der Waals surface area (Å²) in [4.78, 5) is 18.1. The van der Waals surface area contributed by atoms with Gasteiger partial charge >= 0.3 is 0 Å². The Hall–Kier alpha value is -1.40. The Morgan fingerprint density at radius 3 is 2.88 bits per heavy atom. The molecule has 0 radical (unpaired) electrons. The number of nitrogens with zero attached hydrogens (tertiary/aromatic N) is 3. The average molecular weight is 237 g/mol. The van der Waals surface area contributed by atoms with Crippen LogP contribution in [-0.2, 0) is 18.3 Å². The molecule has 17 heavy (non-hydrogen) atoms. The number of imidazole rings is 1. The van der Waals surface area contributed by atoms with Crippen LogP contribution in [0.5, 0.6) is 0 Å². The molecule has 0 aliphatic carbocycles. The van der Waals surface area contributed by atoms with Crippen LogP contribution in [0.3, 0.4) is 0 Å². The third-order valence-corrected chi connectivity index (χ3v) is 3.07. The second kappa shape index (κ2) is 5.29. The molecule has 6 heteroatoms. The third kappa shape index (κ3) is 2.83. The second-order valence-electron chi connectivity index (χ2n) is 4.34. The molecule has 1 saturated heterocycles. The summed E-state index contributed by atoms with van der Waals surface area (Å²) in [5.74, 6) is 0.871. The predicted molar refractivity (Wildman–Crippen MR) is 64.3 cm³/mol. The maximum Gasteiger partial charge on any atom is 0.240 e. The van der Waals surface area contributed by atoms with Crippen molar-refractivity contribution in [1.29, 1.82) is 0 Å². The van der Waals surface area contributed by atoms with E-state index in [0.717, 1.165) is 32.0 Å². The number of nitrogens with two attached hydrogens (primary N) is 1. The minimum absolute atomic E-state index is 0.0227. The Morgan fingerprint density at radius 2 is 2.29 bits per heavy atom. The monoisotopic (exact) mass is 237 g/mol. The zero-order valence-corrected chi connectivity index (χ0v) is 10.1. The maximum atomic E-state index is 12.1. The summed E-state index contributed by atoms with van der Waals surface area (Å²) >= 11 is 0. The van der Waals surface area contributed by atoms with Gasteiger partial charge in [0.2, 0.25) is 5.91 Å². The van der Waals surface area contributed by atoms with E-state index >= 15 is 0 Å². The van der Waals surface area contributed by atoms with Crippen molar-refractivity contribution >= 4 is 5.91 Å². The fraction of sp³-hybridized carbons (Fsp3) is 0.636. The summed E-state index contributed by atoms with van der Waals surface area (Å²) < 4.78 is 1.89. The molecule has 94 valence electrons. The van der Waals surface area contributed by atoms with Crippen LogP contribution in [0.2, 0.25) is 0 Å². The highest BCUT2D eigenvalue weighted by atomic mass is 16.2. The summed E-state index contributed by atoms with van der Waals surface area (Å²) in [5.41, 5.74) is 5.94. The molecule has 0 bridgehead atoms. The van der Waals surface area contributed by atoms with E-state index in [1.165, 1.54) is 0 Å². The number of carbonyl (C=O) groups excluding carboxylic acids is 1. The van der Waals surface area contributed by atoms with E-state index in [4.69, 9.17) is 5.73 Å². The van der Waals surface area contributed by atoms with E-state index in [2.05, 4.69) is 10.3 Å². The molecule has 1 amide bonds. The van der Waals surface area contributed by atoms with Crippen molar-refractivity contribution in [1.82, 2.24) is 19.8 Å². The lowest BCUT2D eigenvalue weighted by atomic mass is 10.1. The minimum atomic E-state index is -0.491. The van der Waals surface area contributed by atoms with Crippen LogP contribution in [-0.4, -0.2) is 52.6 Å². The molecule has 2 rings (SSSR count). The number of rotatable bonds is 3. The van der Waals surface area contributed by atoms with Crippen LogP contribution < -0.4 is 11.1 Å². The highest BCUT2D eigenvalue weighted by molar-refractivity contribution is 5.82. The molecule has 1 unspecified atom stereocenters. The molecular formula is C11H19N5O. The van der Waals surface area contributed by atoms with Gasteiger partial charge in [0.1, 0.15) is 5.82 Å². The Kier molecular flexibility index (Phi) is 3.75.